The Morgan fingerprint density at radius 3 is 1.86 bits per heavy atom. The van der Waals surface area contributed by atoms with E-state index in [-0.39, 0.29) is 59.9 Å². The Hall–Kier alpha value is -1.63. The number of carbonyl (C=O) groups excluding carboxylic acids is 3. The third-order valence-corrected chi connectivity index (χ3v) is 11.6. The van der Waals surface area contributed by atoms with Gasteiger partial charge in [-0.05, 0) is 118 Å². The number of aliphatic hydroxyl groups is 1. The van der Waals surface area contributed by atoms with E-state index < -0.39 is 45.2 Å². The minimum atomic E-state index is -1.09. The first-order chi connectivity index (χ1) is 17.6. The summed E-state index contributed by atoms with van der Waals surface area (Å²) in [7, 11) is 0. The van der Waals surface area contributed by atoms with Crippen LogP contribution in [0.4, 0.5) is 0 Å². The molecule has 5 rings (SSSR count). The first-order valence-corrected chi connectivity index (χ1v) is 15.0. The standard InChI is InChI=1S/C32H52O7.4CH4/c1-11-28(8,18-26(4,5)24(34)38-29(9)17-23(33)37-27(29,6)7)25(35)39-30(10,20(2)3)31-13-21-12-22(14-31)16-32(36,15-21)19-31;;;;/h20-22,36H,11-19H2,1-10H3;4*1H4. The van der Waals surface area contributed by atoms with Gasteiger partial charge < -0.3 is 19.3 Å². The monoisotopic (exact) mass is 612 g/mol. The Balaban J connectivity index is 0.00000441. The summed E-state index contributed by atoms with van der Waals surface area (Å²) in [5, 5.41) is 11.4. The maximum absolute atomic E-state index is 14.1. The number of cyclic esters (lactones) is 1. The van der Waals surface area contributed by atoms with Crippen LogP contribution in [0.2, 0.25) is 0 Å². The number of esters is 3. The van der Waals surface area contributed by atoms with Gasteiger partial charge in [-0.3, -0.25) is 14.4 Å². The maximum atomic E-state index is 14.1. The number of ether oxygens (including phenoxy) is 3. The smallest absolute Gasteiger partial charge is 0.312 e. The Morgan fingerprint density at radius 2 is 1.47 bits per heavy atom. The summed E-state index contributed by atoms with van der Waals surface area (Å²) < 4.78 is 18.0. The zero-order valence-corrected chi connectivity index (χ0v) is 26.0. The summed E-state index contributed by atoms with van der Waals surface area (Å²) in [4.78, 5) is 39.7. The zero-order chi connectivity index (χ0) is 29.4. The molecule has 5 aliphatic rings. The van der Waals surface area contributed by atoms with Crippen LogP contribution in [0.1, 0.15) is 157 Å². The molecule has 4 saturated carbocycles. The number of hydrogen-bond acceptors (Lipinski definition) is 7. The molecule has 43 heavy (non-hydrogen) atoms. The fourth-order valence-electron chi connectivity index (χ4n) is 8.76. The molecule has 0 amide bonds. The topological polar surface area (TPSA) is 99.1 Å². The van der Waals surface area contributed by atoms with Gasteiger partial charge in [-0.1, -0.05) is 50.5 Å². The lowest BCUT2D eigenvalue weighted by Crippen LogP contribution is -2.65. The first kappa shape index (κ1) is 41.4. The molecule has 4 aliphatic carbocycles. The largest absolute Gasteiger partial charge is 0.458 e. The summed E-state index contributed by atoms with van der Waals surface area (Å²) in [5.74, 6) is -0.109. The van der Waals surface area contributed by atoms with E-state index in [0.29, 0.717) is 24.7 Å². The molecule has 0 aromatic rings. The van der Waals surface area contributed by atoms with Crippen LogP contribution in [-0.4, -0.2) is 45.4 Å². The van der Waals surface area contributed by atoms with Crippen LogP contribution in [0.3, 0.4) is 0 Å². The fraction of sp³-hybridized carbons (Fsp3) is 0.917. The predicted octanol–water partition coefficient (Wildman–Crippen LogP) is 8.68. The molecule has 1 saturated heterocycles. The normalized spacial score (nSPS) is 34.7. The maximum Gasteiger partial charge on any atom is 0.312 e. The minimum absolute atomic E-state index is 0. The lowest BCUT2D eigenvalue weighted by Gasteiger charge is -2.65. The van der Waals surface area contributed by atoms with Crippen molar-refractivity contribution < 1.29 is 33.7 Å². The lowest BCUT2D eigenvalue weighted by atomic mass is 9.43. The summed E-state index contributed by atoms with van der Waals surface area (Å²) in [6, 6.07) is 0. The molecular formula is C36H68O7. The molecule has 0 aromatic carbocycles. The predicted molar refractivity (Wildman–Crippen MR) is 174 cm³/mol. The van der Waals surface area contributed by atoms with Crippen molar-refractivity contribution in [2.24, 2.45) is 34.0 Å². The average Bonchev–Trinajstić information content (AvgIpc) is 2.96. The van der Waals surface area contributed by atoms with Gasteiger partial charge in [0.1, 0.15) is 11.2 Å². The van der Waals surface area contributed by atoms with Gasteiger partial charge in [0.25, 0.3) is 0 Å². The summed E-state index contributed by atoms with van der Waals surface area (Å²) in [6.45, 7) is 19.0. The second-order valence-electron chi connectivity index (χ2n) is 15.9. The van der Waals surface area contributed by atoms with E-state index in [2.05, 4.69) is 20.8 Å². The molecule has 0 radical (unpaired) electrons. The van der Waals surface area contributed by atoms with Crippen molar-refractivity contribution in [3.63, 3.8) is 0 Å². The van der Waals surface area contributed by atoms with Gasteiger partial charge in [-0.25, -0.2) is 0 Å². The van der Waals surface area contributed by atoms with E-state index >= 15 is 0 Å². The van der Waals surface area contributed by atoms with Crippen molar-refractivity contribution in [2.45, 2.75) is 179 Å². The molecule has 5 atom stereocenters. The number of rotatable bonds is 9. The third-order valence-electron chi connectivity index (χ3n) is 11.6. The molecule has 1 N–H and O–H groups in total. The van der Waals surface area contributed by atoms with Crippen LogP contribution in [0, 0.1) is 34.0 Å². The summed E-state index contributed by atoms with van der Waals surface area (Å²) >= 11 is 0. The highest BCUT2D eigenvalue weighted by Gasteiger charge is 2.66. The van der Waals surface area contributed by atoms with Gasteiger partial charge in [0.05, 0.1) is 22.9 Å². The number of carbonyl (C=O) groups is 3. The first-order valence-electron chi connectivity index (χ1n) is 15.0. The summed E-state index contributed by atoms with van der Waals surface area (Å²) in [5.41, 5.74) is -5.57. The highest BCUT2D eigenvalue weighted by molar-refractivity contribution is 5.82. The van der Waals surface area contributed by atoms with Crippen LogP contribution in [-0.2, 0) is 28.6 Å². The van der Waals surface area contributed by atoms with Crippen molar-refractivity contribution in [1.29, 1.82) is 0 Å². The molecule has 0 aromatic heterocycles. The van der Waals surface area contributed by atoms with Crippen LogP contribution >= 0.6 is 0 Å². The Morgan fingerprint density at radius 1 is 0.953 bits per heavy atom. The van der Waals surface area contributed by atoms with E-state index in [1.54, 1.807) is 34.6 Å². The second kappa shape index (κ2) is 12.6. The Bertz CT molecular complexity index is 1010. The minimum Gasteiger partial charge on any atom is -0.458 e. The van der Waals surface area contributed by atoms with Gasteiger partial charge in [0, 0.05) is 5.41 Å². The fourth-order valence-corrected chi connectivity index (χ4v) is 8.76. The molecule has 5 unspecified atom stereocenters. The SMILES string of the molecule is C.C.C.C.CCC(C)(CC(C)(C)C(=O)OC1(C)CC(=O)OC1(C)C)C(=O)OC(C)(C(C)C)C12CC3CC(CC(O)(C3)C1)C2. The molecule has 5 fully saturated rings. The van der Waals surface area contributed by atoms with Crippen LogP contribution in [0.25, 0.3) is 0 Å². The van der Waals surface area contributed by atoms with Crippen LogP contribution in [0.15, 0.2) is 0 Å². The third kappa shape index (κ3) is 6.82. The van der Waals surface area contributed by atoms with Crippen molar-refractivity contribution in [3.05, 3.63) is 0 Å². The van der Waals surface area contributed by atoms with E-state index in [1.165, 1.54) is 6.42 Å². The van der Waals surface area contributed by atoms with Gasteiger partial charge in [-0.15, -0.1) is 0 Å². The van der Waals surface area contributed by atoms with Gasteiger partial charge >= 0.3 is 17.9 Å². The zero-order valence-electron chi connectivity index (χ0n) is 26.0. The van der Waals surface area contributed by atoms with Crippen LogP contribution < -0.4 is 0 Å². The van der Waals surface area contributed by atoms with E-state index in [1.807, 2.05) is 13.8 Å². The van der Waals surface area contributed by atoms with Crippen molar-refractivity contribution in [1.82, 2.24) is 0 Å². The van der Waals surface area contributed by atoms with E-state index in [0.717, 1.165) is 25.7 Å². The molecule has 1 heterocycles. The van der Waals surface area contributed by atoms with E-state index in [4.69, 9.17) is 14.2 Å². The van der Waals surface area contributed by atoms with Gasteiger partial charge in [0.2, 0.25) is 0 Å². The van der Waals surface area contributed by atoms with Crippen molar-refractivity contribution in [3.8, 4) is 0 Å². The quantitative estimate of drug-likeness (QED) is 0.205. The molecular weight excluding hydrogens is 544 g/mol. The highest BCUT2D eigenvalue weighted by Crippen LogP contribution is 2.67. The Kier molecular flexibility index (Phi) is 12.2. The van der Waals surface area contributed by atoms with Crippen LogP contribution in [0.5, 0.6) is 0 Å². The lowest BCUT2D eigenvalue weighted by molar-refractivity contribution is -0.252. The average molecular weight is 613 g/mol. The van der Waals surface area contributed by atoms with E-state index in [9.17, 15) is 19.5 Å². The van der Waals surface area contributed by atoms with Crippen molar-refractivity contribution in [2.75, 3.05) is 0 Å². The molecule has 254 valence electrons. The molecule has 0 spiro atoms. The molecule has 1 aliphatic heterocycles. The molecule has 4 bridgehead atoms. The number of hydrogen-bond donors (Lipinski definition) is 1. The molecule has 7 nitrogen and oxygen atoms in total. The second-order valence-corrected chi connectivity index (χ2v) is 15.9. The van der Waals surface area contributed by atoms with Gasteiger partial charge in [-0.2, -0.15) is 0 Å². The molecule has 7 heteroatoms. The summed E-state index contributed by atoms with van der Waals surface area (Å²) in [6.07, 6.45) is 6.31. The highest BCUT2D eigenvalue weighted by atomic mass is 16.6. The Labute approximate surface area is 264 Å². The van der Waals surface area contributed by atoms with Crippen molar-refractivity contribution >= 4 is 17.9 Å². The van der Waals surface area contributed by atoms with Gasteiger partial charge in [0.15, 0.2) is 5.60 Å².